The number of hydrogen-bond acceptors (Lipinski definition) is 6. The van der Waals surface area contributed by atoms with Crippen molar-refractivity contribution in [3.05, 3.63) is 65.8 Å². The summed E-state index contributed by atoms with van der Waals surface area (Å²) < 4.78 is 2.05. The molecule has 23 heavy (non-hydrogen) atoms. The van der Waals surface area contributed by atoms with Crippen LogP contribution in [0, 0.1) is 0 Å². The van der Waals surface area contributed by atoms with Crippen LogP contribution in [0.3, 0.4) is 0 Å². The molecule has 0 aliphatic heterocycles. The van der Waals surface area contributed by atoms with Gasteiger partial charge in [0.2, 0.25) is 0 Å². The lowest BCUT2D eigenvalue weighted by atomic mass is 10.5. The van der Waals surface area contributed by atoms with E-state index in [1.165, 1.54) is 0 Å². The van der Waals surface area contributed by atoms with E-state index in [2.05, 4.69) is 31.5 Å². The molecule has 0 bridgehead atoms. The number of nitrogens with zero attached hydrogens (tertiary/aromatic N) is 5. The van der Waals surface area contributed by atoms with E-state index in [4.69, 9.17) is 0 Å². The first-order valence-electron chi connectivity index (χ1n) is 7.11. The molecule has 0 atom stereocenters. The fourth-order valence-electron chi connectivity index (χ4n) is 2.20. The number of imidazole rings is 1. The summed E-state index contributed by atoms with van der Waals surface area (Å²) in [6.07, 6.45) is 7.57. The molecule has 0 spiro atoms. The van der Waals surface area contributed by atoms with Gasteiger partial charge in [0.15, 0.2) is 10.8 Å². The highest BCUT2D eigenvalue weighted by atomic mass is 32.2. The molecular formula is C16H13N5S2. The van der Waals surface area contributed by atoms with Gasteiger partial charge in [-0.25, -0.2) is 19.9 Å². The predicted octanol–water partition coefficient (Wildman–Crippen LogP) is 3.68. The minimum absolute atomic E-state index is 0.689. The fourth-order valence-corrected chi connectivity index (χ4v) is 3.88. The Labute approximate surface area is 141 Å². The first-order chi connectivity index (χ1) is 11.4. The van der Waals surface area contributed by atoms with Crippen LogP contribution >= 0.6 is 23.1 Å². The number of pyridine rings is 1. The summed E-state index contributed by atoms with van der Waals surface area (Å²) in [7, 11) is 0. The van der Waals surface area contributed by atoms with Crippen LogP contribution in [0.5, 0.6) is 0 Å². The summed E-state index contributed by atoms with van der Waals surface area (Å²) in [5.74, 6) is 2.42. The second-order valence-electron chi connectivity index (χ2n) is 4.91. The summed E-state index contributed by atoms with van der Waals surface area (Å²) in [5, 5.41) is 2.94. The van der Waals surface area contributed by atoms with Gasteiger partial charge in [-0.1, -0.05) is 6.07 Å². The van der Waals surface area contributed by atoms with Crippen molar-refractivity contribution in [2.24, 2.45) is 0 Å². The van der Waals surface area contributed by atoms with Crippen molar-refractivity contribution in [1.82, 2.24) is 24.3 Å². The third-order valence-corrected chi connectivity index (χ3v) is 5.11. The monoisotopic (exact) mass is 339 g/mol. The topological polar surface area (TPSA) is 56.0 Å². The Morgan fingerprint density at radius 3 is 2.74 bits per heavy atom. The van der Waals surface area contributed by atoms with Crippen LogP contribution in [0.1, 0.15) is 11.4 Å². The fraction of sp³-hybridized carbons (Fsp3) is 0.125. The maximum Gasteiger partial charge on any atom is 0.188 e. The van der Waals surface area contributed by atoms with Crippen molar-refractivity contribution >= 4 is 28.7 Å². The van der Waals surface area contributed by atoms with Gasteiger partial charge >= 0.3 is 0 Å². The standard InChI is InChI=1S/C16H13N5S2/c1-2-7-21-8-12(19-14(21)4-1)9-22-10-13-11-23-16(20-13)15-17-5-3-6-18-15/h1-8,11H,9-10H2. The Morgan fingerprint density at radius 2 is 1.87 bits per heavy atom. The molecule has 4 aromatic heterocycles. The summed E-state index contributed by atoms with van der Waals surface area (Å²) in [5.41, 5.74) is 3.13. The molecule has 0 aliphatic rings. The van der Waals surface area contributed by atoms with Crippen molar-refractivity contribution in [3.63, 3.8) is 0 Å². The average molecular weight is 339 g/mol. The lowest BCUT2D eigenvalue weighted by molar-refractivity contribution is 1.14. The molecule has 7 heteroatoms. The zero-order chi connectivity index (χ0) is 15.5. The Balaban J connectivity index is 1.39. The van der Waals surface area contributed by atoms with Gasteiger partial charge in [-0.2, -0.15) is 0 Å². The third kappa shape index (κ3) is 3.25. The molecule has 4 aromatic rings. The van der Waals surface area contributed by atoms with Crippen molar-refractivity contribution in [3.8, 4) is 10.8 Å². The second-order valence-corrected chi connectivity index (χ2v) is 6.75. The number of aromatic nitrogens is 5. The summed E-state index contributed by atoms with van der Waals surface area (Å²) in [6, 6.07) is 7.83. The van der Waals surface area contributed by atoms with Crippen LogP contribution in [-0.4, -0.2) is 24.3 Å². The Morgan fingerprint density at radius 1 is 1.00 bits per heavy atom. The lowest BCUT2D eigenvalue weighted by Crippen LogP contribution is -1.87. The molecule has 5 nitrogen and oxygen atoms in total. The van der Waals surface area contributed by atoms with E-state index < -0.39 is 0 Å². The predicted molar refractivity (Wildman–Crippen MR) is 93.3 cm³/mol. The quantitative estimate of drug-likeness (QED) is 0.555. The maximum absolute atomic E-state index is 4.60. The smallest absolute Gasteiger partial charge is 0.188 e. The molecule has 0 saturated heterocycles. The summed E-state index contributed by atoms with van der Waals surface area (Å²) >= 11 is 3.39. The SMILES string of the molecule is c1cnc(-c2nc(CSCc3cn4ccccc4n3)cs2)nc1. The van der Waals surface area contributed by atoms with Crippen molar-refractivity contribution in [2.45, 2.75) is 11.5 Å². The van der Waals surface area contributed by atoms with E-state index in [0.29, 0.717) is 5.82 Å². The van der Waals surface area contributed by atoms with Gasteiger partial charge in [0.05, 0.1) is 11.4 Å². The van der Waals surface area contributed by atoms with Crippen LogP contribution in [0.4, 0.5) is 0 Å². The van der Waals surface area contributed by atoms with Crippen molar-refractivity contribution in [2.75, 3.05) is 0 Å². The molecule has 0 aliphatic carbocycles. The molecular weight excluding hydrogens is 326 g/mol. The molecule has 4 heterocycles. The lowest BCUT2D eigenvalue weighted by Gasteiger charge is -1.96. The van der Waals surface area contributed by atoms with Gasteiger partial charge < -0.3 is 4.40 Å². The number of thiazole rings is 1. The van der Waals surface area contributed by atoms with Crippen molar-refractivity contribution < 1.29 is 0 Å². The largest absolute Gasteiger partial charge is 0.307 e. The molecule has 4 rings (SSSR count). The van der Waals surface area contributed by atoms with Gasteiger partial charge in [0.25, 0.3) is 0 Å². The highest BCUT2D eigenvalue weighted by molar-refractivity contribution is 7.97. The van der Waals surface area contributed by atoms with Crippen molar-refractivity contribution in [1.29, 1.82) is 0 Å². The Hall–Kier alpha value is -2.25. The summed E-state index contributed by atoms with van der Waals surface area (Å²) in [6.45, 7) is 0. The summed E-state index contributed by atoms with van der Waals surface area (Å²) in [4.78, 5) is 17.7. The van der Waals surface area contributed by atoms with Crippen LogP contribution in [0.25, 0.3) is 16.5 Å². The molecule has 0 saturated carbocycles. The zero-order valence-corrected chi connectivity index (χ0v) is 13.8. The van der Waals surface area contributed by atoms with E-state index in [1.54, 1.807) is 23.7 Å². The number of rotatable bonds is 5. The van der Waals surface area contributed by atoms with Crippen LogP contribution in [0.2, 0.25) is 0 Å². The molecule has 0 unspecified atom stereocenters. The van der Waals surface area contributed by atoms with Crippen LogP contribution in [-0.2, 0) is 11.5 Å². The maximum atomic E-state index is 4.60. The first-order valence-corrected chi connectivity index (χ1v) is 9.14. The van der Waals surface area contributed by atoms with Crippen LogP contribution < -0.4 is 0 Å². The highest BCUT2D eigenvalue weighted by Crippen LogP contribution is 2.23. The Kier molecular flexibility index (Phi) is 4.04. The highest BCUT2D eigenvalue weighted by Gasteiger charge is 2.07. The van der Waals surface area contributed by atoms with Gasteiger partial charge in [-0.05, 0) is 18.2 Å². The van der Waals surface area contributed by atoms with Gasteiger partial charge in [-0.15, -0.1) is 23.1 Å². The van der Waals surface area contributed by atoms with E-state index in [9.17, 15) is 0 Å². The van der Waals surface area contributed by atoms with Gasteiger partial charge in [-0.3, -0.25) is 0 Å². The normalized spacial score (nSPS) is 11.1. The average Bonchev–Trinajstić information content (AvgIpc) is 3.22. The molecule has 0 amide bonds. The molecule has 114 valence electrons. The van der Waals surface area contributed by atoms with E-state index in [-0.39, 0.29) is 0 Å². The van der Waals surface area contributed by atoms with E-state index in [0.717, 1.165) is 33.5 Å². The Bertz CT molecular complexity index is 883. The number of thioether (sulfide) groups is 1. The van der Waals surface area contributed by atoms with E-state index >= 15 is 0 Å². The first kappa shape index (κ1) is 14.3. The van der Waals surface area contributed by atoms with Gasteiger partial charge in [0, 0.05) is 41.7 Å². The van der Waals surface area contributed by atoms with E-state index in [1.807, 2.05) is 46.6 Å². The molecule has 0 radical (unpaired) electrons. The third-order valence-electron chi connectivity index (χ3n) is 3.22. The van der Waals surface area contributed by atoms with Gasteiger partial charge in [0.1, 0.15) is 5.65 Å². The molecule has 0 fully saturated rings. The minimum atomic E-state index is 0.689. The molecule has 0 N–H and O–H groups in total. The molecule has 0 aromatic carbocycles. The number of hydrogen-bond donors (Lipinski definition) is 0. The number of fused-ring (bicyclic) bond motifs is 1. The van der Waals surface area contributed by atoms with Crippen LogP contribution in [0.15, 0.2) is 54.4 Å². The minimum Gasteiger partial charge on any atom is -0.307 e. The zero-order valence-electron chi connectivity index (χ0n) is 12.2. The second kappa shape index (κ2) is 6.47.